The van der Waals surface area contributed by atoms with Gasteiger partial charge in [-0.25, -0.2) is 0 Å². The van der Waals surface area contributed by atoms with E-state index in [1.807, 2.05) is 0 Å². The Morgan fingerprint density at radius 1 is 0.492 bits per heavy atom. The number of allylic oxidation sites excluding steroid dienone is 5. The Morgan fingerprint density at radius 2 is 1.11 bits per heavy atom. The van der Waals surface area contributed by atoms with Gasteiger partial charge in [-0.1, -0.05) is 152 Å². The summed E-state index contributed by atoms with van der Waals surface area (Å²) in [7, 11) is 0. The highest BCUT2D eigenvalue weighted by Gasteiger charge is 2.47. The van der Waals surface area contributed by atoms with Crippen LogP contribution in [0.4, 0.5) is 17.1 Å². The maximum atomic E-state index is 2.61. The van der Waals surface area contributed by atoms with Crippen LogP contribution in [-0.2, 0) is 6.42 Å². The van der Waals surface area contributed by atoms with Gasteiger partial charge >= 0.3 is 0 Å². The third-order valence-electron chi connectivity index (χ3n) is 15.2. The zero-order valence-electron chi connectivity index (χ0n) is 36.2. The molecule has 4 nitrogen and oxygen atoms in total. The fraction of sp³-hybridized carbons (Fsp3) is 0.115. The lowest BCUT2D eigenvalue weighted by molar-refractivity contribution is 0.542. The van der Waals surface area contributed by atoms with Crippen molar-refractivity contribution >= 4 is 55.8 Å². The van der Waals surface area contributed by atoms with Crippen LogP contribution in [0.2, 0.25) is 0 Å². The predicted molar refractivity (Wildman–Crippen MR) is 271 cm³/mol. The molecule has 14 rings (SSSR count). The van der Waals surface area contributed by atoms with Crippen LogP contribution in [-0.4, -0.2) is 20.7 Å². The topological polar surface area (TPSA) is 16.3 Å². The Balaban J connectivity index is 0.825. The summed E-state index contributed by atoms with van der Waals surface area (Å²) in [6.45, 7) is 2.37. The summed E-state index contributed by atoms with van der Waals surface area (Å²) in [5.74, 6) is 0.673. The number of nitrogens with zero attached hydrogens (tertiary/aromatic N) is 4. The summed E-state index contributed by atoms with van der Waals surface area (Å²) < 4.78 is 4.94. The van der Waals surface area contributed by atoms with Crippen molar-refractivity contribution in [1.29, 1.82) is 0 Å². The van der Waals surface area contributed by atoms with Crippen molar-refractivity contribution in [3.05, 3.63) is 240 Å². The number of hydrogen-bond acceptors (Lipinski definition) is 2. The van der Waals surface area contributed by atoms with Crippen molar-refractivity contribution < 1.29 is 0 Å². The molecule has 0 bridgehead atoms. The molecule has 4 unspecified atom stereocenters. The largest absolute Gasteiger partial charge is 0.337 e. The molecule has 3 aliphatic carbocycles. The van der Waals surface area contributed by atoms with E-state index in [4.69, 9.17) is 0 Å². The van der Waals surface area contributed by atoms with Gasteiger partial charge in [-0.2, -0.15) is 0 Å². The smallest absolute Gasteiger partial charge is 0.0712 e. The molecule has 5 aliphatic rings. The monoisotopic (exact) mass is 834 g/mol. The van der Waals surface area contributed by atoms with E-state index in [0.29, 0.717) is 17.9 Å². The number of aromatic nitrogens is 2. The zero-order valence-corrected chi connectivity index (χ0v) is 36.2. The molecular weight excluding hydrogens is 789 g/mol. The molecule has 2 aromatic heterocycles. The van der Waals surface area contributed by atoms with E-state index >= 15 is 0 Å². The second kappa shape index (κ2) is 13.8. The zero-order chi connectivity index (χ0) is 42.8. The minimum atomic E-state index is -0.192. The summed E-state index contributed by atoms with van der Waals surface area (Å²) >= 11 is 0. The minimum Gasteiger partial charge on any atom is -0.337 e. The van der Waals surface area contributed by atoms with Gasteiger partial charge in [0, 0.05) is 62.1 Å². The van der Waals surface area contributed by atoms with Crippen LogP contribution in [0, 0.1) is 0 Å². The number of aryl methyl sites for hydroxylation is 1. The van der Waals surface area contributed by atoms with Gasteiger partial charge in [0.15, 0.2) is 0 Å². The Kier molecular flexibility index (Phi) is 7.80. The average molecular weight is 835 g/mol. The number of rotatable bonds is 5. The highest BCUT2D eigenvalue weighted by atomic mass is 15.2. The number of para-hydroxylation sites is 4. The molecule has 0 radical (unpaired) electrons. The number of anilines is 3. The molecule has 7 aromatic carbocycles. The van der Waals surface area contributed by atoms with Crippen LogP contribution in [0.3, 0.4) is 0 Å². The van der Waals surface area contributed by atoms with E-state index in [1.165, 1.54) is 94.7 Å². The summed E-state index contributed by atoms with van der Waals surface area (Å²) in [6, 6.07) is 61.4. The molecule has 2 aliphatic heterocycles. The van der Waals surface area contributed by atoms with Crippen molar-refractivity contribution in [3.63, 3.8) is 0 Å². The first-order valence-corrected chi connectivity index (χ1v) is 23.2. The Labute approximate surface area is 379 Å². The summed E-state index contributed by atoms with van der Waals surface area (Å²) in [5, 5.41) is 3.87. The lowest BCUT2D eigenvalue weighted by Crippen LogP contribution is -2.41. The minimum absolute atomic E-state index is 0.192. The van der Waals surface area contributed by atoms with Crippen molar-refractivity contribution in [2.24, 2.45) is 0 Å². The Morgan fingerprint density at radius 3 is 1.91 bits per heavy atom. The molecule has 0 amide bonds. The lowest BCUT2D eigenvalue weighted by Gasteiger charge is -2.39. The first-order chi connectivity index (χ1) is 32.1. The fourth-order valence-corrected chi connectivity index (χ4v) is 12.3. The van der Waals surface area contributed by atoms with E-state index in [1.54, 1.807) is 0 Å². The van der Waals surface area contributed by atoms with Gasteiger partial charge in [0.05, 0.1) is 33.8 Å². The molecule has 0 N–H and O–H groups in total. The molecule has 0 fully saturated rings. The van der Waals surface area contributed by atoms with E-state index in [0.717, 1.165) is 18.5 Å². The van der Waals surface area contributed by atoms with Gasteiger partial charge in [-0.3, -0.25) is 0 Å². The number of fused-ring (bicyclic) bond motifs is 12. The fourth-order valence-electron chi connectivity index (χ4n) is 12.3. The van der Waals surface area contributed by atoms with Gasteiger partial charge in [0.2, 0.25) is 0 Å². The second-order valence-electron chi connectivity index (χ2n) is 18.6. The first-order valence-electron chi connectivity index (χ1n) is 23.2. The third kappa shape index (κ3) is 5.25. The molecule has 9 aromatic rings. The average Bonchev–Trinajstić information content (AvgIpc) is 4.07. The van der Waals surface area contributed by atoms with Gasteiger partial charge in [-0.05, 0) is 114 Å². The quantitative estimate of drug-likeness (QED) is 0.172. The van der Waals surface area contributed by atoms with E-state index in [9.17, 15) is 0 Å². The maximum absolute atomic E-state index is 2.61. The van der Waals surface area contributed by atoms with Crippen molar-refractivity contribution in [2.75, 3.05) is 9.80 Å². The SMILES string of the molecule is CC12C=CC=CC1c1ccccc1N2c1ccc2c3ccccc3n(-c3ccc(-c4ccc(-n5c6c(c7ccccc75)CCC(N5c7ccccc7C7C=CC=CC75)=C6)cc4)cc3)c2c1. The molecule has 0 spiro atoms. The standard InChI is InChI=1S/C61H46N4/c1-61-37-13-12-19-53(61)52-18-6-11-24-58(52)65(61)45-34-36-51-49-17-5-8-21-55(49)63(60(51)39-45)43-31-27-41(28-32-43)40-25-29-42(30-26-40)62-54-20-7-4-16-48(54)50-35-33-44(38-59(50)62)64-56-22-9-2-14-46(56)47-15-3-10-23-57(47)64/h2-32,34,36-39,46,53,56H,33,35H2,1H3. The van der Waals surface area contributed by atoms with Crippen LogP contribution in [0.15, 0.2) is 218 Å². The van der Waals surface area contributed by atoms with Crippen molar-refractivity contribution in [3.8, 4) is 22.5 Å². The highest BCUT2D eigenvalue weighted by molar-refractivity contribution is 6.10. The van der Waals surface area contributed by atoms with Crippen LogP contribution in [0.1, 0.15) is 47.6 Å². The summed E-state index contributed by atoms with van der Waals surface area (Å²) in [5.41, 5.74) is 19.0. The van der Waals surface area contributed by atoms with Crippen LogP contribution >= 0.6 is 0 Å². The normalized spacial score (nSPS) is 21.2. The molecule has 4 heterocycles. The molecule has 0 saturated heterocycles. The number of benzene rings is 7. The second-order valence-corrected chi connectivity index (χ2v) is 18.6. The van der Waals surface area contributed by atoms with E-state index < -0.39 is 0 Å². The number of hydrogen-bond donors (Lipinski definition) is 0. The molecule has 4 heteroatoms. The lowest BCUT2D eigenvalue weighted by atomic mass is 9.80. The predicted octanol–water partition coefficient (Wildman–Crippen LogP) is 14.9. The Bertz CT molecular complexity index is 3590. The molecule has 310 valence electrons. The van der Waals surface area contributed by atoms with Gasteiger partial charge in [0.1, 0.15) is 0 Å². The van der Waals surface area contributed by atoms with Gasteiger partial charge in [0.25, 0.3) is 0 Å². The van der Waals surface area contributed by atoms with E-state index in [2.05, 4.69) is 244 Å². The molecule has 65 heavy (non-hydrogen) atoms. The summed E-state index contributed by atoms with van der Waals surface area (Å²) in [4.78, 5) is 5.17. The van der Waals surface area contributed by atoms with Crippen LogP contribution in [0.5, 0.6) is 0 Å². The van der Waals surface area contributed by atoms with Gasteiger partial charge in [-0.15, -0.1) is 0 Å². The molecule has 4 atom stereocenters. The molecular formula is C61H46N4. The van der Waals surface area contributed by atoms with E-state index in [-0.39, 0.29) is 5.54 Å². The molecule has 0 saturated carbocycles. The third-order valence-corrected chi connectivity index (χ3v) is 15.2. The first kappa shape index (κ1) is 36.6. The summed E-state index contributed by atoms with van der Waals surface area (Å²) in [6.07, 6.45) is 22.8. The van der Waals surface area contributed by atoms with Crippen molar-refractivity contribution in [1.82, 2.24) is 9.13 Å². The van der Waals surface area contributed by atoms with Gasteiger partial charge < -0.3 is 18.9 Å². The van der Waals surface area contributed by atoms with Crippen molar-refractivity contribution in [2.45, 2.75) is 43.2 Å². The maximum Gasteiger partial charge on any atom is 0.0712 e. The Hall–Kier alpha value is -7.82. The van der Waals surface area contributed by atoms with Crippen LogP contribution in [0.25, 0.3) is 61.3 Å². The highest BCUT2D eigenvalue weighted by Crippen LogP contribution is 2.54. The van der Waals surface area contributed by atoms with Crippen LogP contribution < -0.4 is 9.80 Å².